The van der Waals surface area contributed by atoms with E-state index >= 15 is 0 Å². The minimum Gasteiger partial charge on any atom is -0.440 e. The van der Waals surface area contributed by atoms with E-state index in [-0.39, 0.29) is 26.5 Å². The van der Waals surface area contributed by atoms with Crippen LogP contribution in [0.25, 0.3) is 22.5 Å². The monoisotopic (exact) mass is 577 g/mol. The van der Waals surface area contributed by atoms with Crippen LogP contribution in [0.15, 0.2) is 48.5 Å². The SMILES string of the molecule is Cc1cc(-c2cccc(C(C)(C)c3cccc(-c4[c-]n(C)c(C)c4)n3)n2)[c-]n1C.[Pt+2]. The number of hydrogen-bond donors (Lipinski definition) is 0. The molecule has 0 radical (unpaired) electrons. The van der Waals surface area contributed by atoms with E-state index in [4.69, 9.17) is 9.97 Å². The summed E-state index contributed by atoms with van der Waals surface area (Å²) in [5, 5.41) is 0. The standard InChI is InChI=1S/C25H26N4.Pt/c1-17-13-19(15-28(17)5)21-9-7-11-23(26-21)25(3,4)24-12-8-10-22(27-24)20-14-18(2)29(6)16-20;/h7-14H,1-6H3;/q-2;+2. The van der Waals surface area contributed by atoms with Gasteiger partial charge in [-0.15, -0.1) is 11.1 Å². The molecule has 0 aromatic carbocycles. The molecule has 4 heterocycles. The summed E-state index contributed by atoms with van der Waals surface area (Å²) >= 11 is 0. The van der Waals surface area contributed by atoms with Crippen molar-refractivity contribution >= 4 is 0 Å². The average molecular weight is 578 g/mol. The van der Waals surface area contributed by atoms with Crippen LogP contribution in [0.4, 0.5) is 0 Å². The van der Waals surface area contributed by atoms with E-state index in [1.807, 2.05) is 35.4 Å². The summed E-state index contributed by atoms with van der Waals surface area (Å²) < 4.78 is 4.00. The molecule has 0 aliphatic rings. The molecular weight excluding hydrogens is 551 g/mol. The zero-order chi connectivity index (χ0) is 20.8. The van der Waals surface area contributed by atoms with Crippen LogP contribution in [-0.2, 0) is 40.6 Å². The van der Waals surface area contributed by atoms with E-state index < -0.39 is 0 Å². The second-order valence-corrected chi connectivity index (χ2v) is 8.18. The molecule has 0 saturated carbocycles. The Hall–Kier alpha value is -2.45. The number of nitrogens with zero attached hydrogens (tertiary/aromatic N) is 4. The Morgan fingerprint density at radius 2 is 1.13 bits per heavy atom. The van der Waals surface area contributed by atoms with Crippen LogP contribution in [0.2, 0.25) is 0 Å². The zero-order valence-corrected chi connectivity index (χ0v) is 20.5. The molecule has 4 aromatic rings. The average Bonchev–Trinajstić information content (AvgIpc) is 3.23. The number of aryl methyl sites for hydroxylation is 4. The largest absolute Gasteiger partial charge is 2.00 e. The van der Waals surface area contributed by atoms with Crippen molar-refractivity contribution in [1.82, 2.24) is 19.1 Å². The number of pyridine rings is 2. The summed E-state index contributed by atoms with van der Waals surface area (Å²) in [6.07, 6.45) is 6.70. The van der Waals surface area contributed by atoms with Crippen LogP contribution in [-0.4, -0.2) is 19.1 Å². The topological polar surface area (TPSA) is 35.6 Å². The van der Waals surface area contributed by atoms with E-state index in [1.54, 1.807) is 0 Å². The minimum atomic E-state index is -0.334. The van der Waals surface area contributed by atoms with E-state index in [2.05, 4.69) is 76.5 Å². The van der Waals surface area contributed by atoms with Crippen molar-refractivity contribution in [2.75, 3.05) is 0 Å². The molecule has 0 spiro atoms. The van der Waals surface area contributed by atoms with Gasteiger partial charge in [-0.05, 0) is 51.5 Å². The van der Waals surface area contributed by atoms with Gasteiger partial charge in [0.05, 0.1) is 0 Å². The molecule has 0 aliphatic carbocycles. The fourth-order valence-electron chi connectivity index (χ4n) is 3.47. The van der Waals surface area contributed by atoms with Crippen LogP contribution in [0, 0.1) is 26.2 Å². The summed E-state index contributed by atoms with van der Waals surface area (Å²) in [5.74, 6) is 0. The molecule has 0 aliphatic heterocycles. The second kappa shape index (κ2) is 8.35. The Labute approximate surface area is 193 Å². The summed E-state index contributed by atoms with van der Waals surface area (Å²) in [6, 6.07) is 16.6. The molecular formula is C25H26N4Pt. The van der Waals surface area contributed by atoms with Gasteiger partial charge in [-0.1, -0.05) is 61.9 Å². The van der Waals surface area contributed by atoms with Crippen LogP contribution < -0.4 is 0 Å². The predicted octanol–water partition coefficient (Wildman–Crippen LogP) is 5.03. The summed E-state index contributed by atoms with van der Waals surface area (Å²) in [4.78, 5) is 9.94. The van der Waals surface area contributed by atoms with Crippen molar-refractivity contribution in [1.29, 1.82) is 0 Å². The maximum atomic E-state index is 4.97. The first-order valence-electron chi connectivity index (χ1n) is 9.83. The molecule has 0 unspecified atom stereocenters. The first-order chi connectivity index (χ1) is 13.8. The van der Waals surface area contributed by atoms with Gasteiger partial charge < -0.3 is 19.1 Å². The number of aromatic nitrogens is 4. The van der Waals surface area contributed by atoms with Crippen LogP contribution >= 0.6 is 0 Å². The molecule has 0 amide bonds. The fraction of sp³-hybridized carbons (Fsp3) is 0.280. The van der Waals surface area contributed by atoms with Gasteiger partial charge in [-0.25, -0.2) is 0 Å². The Bertz CT molecular complexity index is 1050. The number of rotatable bonds is 4. The van der Waals surface area contributed by atoms with Gasteiger partial charge in [0.2, 0.25) is 0 Å². The number of hydrogen-bond acceptors (Lipinski definition) is 2. The Morgan fingerprint density at radius 3 is 1.47 bits per heavy atom. The van der Waals surface area contributed by atoms with Gasteiger partial charge in [-0.2, -0.15) is 12.1 Å². The third-order valence-electron chi connectivity index (χ3n) is 5.67. The first kappa shape index (κ1) is 22.2. The second-order valence-electron chi connectivity index (χ2n) is 8.18. The first-order valence-corrected chi connectivity index (χ1v) is 9.83. The molecule has 0 saturated heterocycles. The quantitative estimate of drug-likeness (QED) is 0.319. The molecule has 0 atom stereocenters. The van der Waals surface area contributed by atoms with Crippen molar-refractivity contribution in [3.8, 4) is 22.5 Å². The summed E-state index contributed by atoms with van der Waals surface area (Å²) in [5.41, 5.74) is 7.86. The van der Waals surface area contributed by atoms with Crippen molar-refractivity contribution in [3.05, 3.63) is 83.7 Å². The van der Waals surface area contributed by atoms with Gasteiger partial charge in [0, 0.05) is 16.8 Å². The molecule has 0 bridgehead atoms. The van der Waals surface area contributed by atoms with Crippen molar-refractivity contribution < 1.29 is 21.1 Å². The third-order valence-corrected chi connectivity index (χ3v) is 5.67. The fourth-order valence-corrected chi connectivity index (χ4v) is 3.47. The third kappa shape index (κ3) is 4.06. The Kier molecular flexibility index (Phi) is 6.19. The van der Waals surface area contributed by atoms with Crippen molar-refractivity contribution in [2.45, 2.75) is 33.1 Å². The van der Waals surface area contributed by atoms with Crippen LogP contribution in [0.1, 0.15) is 36.6 Å². The van der Waals surface area contributed by atoms with Gasteiger partial charge in [0.1, 0.15) is 0 Å². The minimum absolute atomic E-state index is 0. The molecule has 0 N–H and O–H groups in total. The predicted molar refractivity (Wildman–Crippen MR) is 117 cm³/mol. The van der Waals surface area contributed by atoms with Crippen molar-refractivity contribution in [2.24, 2.45) is 14.1 Å². The molecule has 4 aromatic heterocycles. The maximum Gasteiger partial charge on any atom is 2.00 e. The molecule has 156 valence electrons. The van der Waals surface area contributed by atoms with E-state index in [1.165, 1.54) is 0 Å². The smallest absolute Gasteiger partial charge is 0.440 e. The summed E-state index contributed by atoms with van der Waals surface area (Å²) in [6.45, 7) is 8.49. The molecule has 5 heteroatoms. The van der Waals surface area contributed by atoms with E-state index in [9.17, 15) is 0 Å². The molecule has 4 nitrogen and oxygen atoms in total. The normalized spacial score (nSPS) is 11.4. The van der Waals surface area contributed by atoms with Crippen LogP contribution in [0.5, 0.6) is 0 Å². The van der Waals surface area contributed by atoms with Gasteiger partial charge in [0.25, 0.3) is 0 Å². The van der Waals surface area contributed by atoms with E-state index in [0.29, 0.717) is 0 Å². The van der Waals surface area contributed by atoms with E-state index in [0.717, 1.165) is 45.3 Å². The zero-order valence-electron chi connectivity index (χ0n) is 18.2. The Morgan fingerprint density at radius 1 is 0.733 bits per heavy atom. The summed E-state index contributed by atoms with van der Waals surface area (Å²) in [7, 11) is 4.01. The van der Waals surface area contributed by atoms with Crippen molar-refractivity contribution in [3.63, 3.8) is 0 Å². The molecule has 0 fully saturated rings. The molecule has 30 heavy (non-hydrogen) atoms. The molecule has 4 rings (SSSR count). The Balaban J connectivity index is 0.00000256. The van der Waals surface area contributed by atoms with Gasteiger partial charge in [0.15, 0.2) is 0 Å². The van der Waals surface area contributed by atoms with Crippen LogP contribution in [0.3, 0.4) is 0 Å². The maximum absolute atomic E-state index is 4.97. The van der Waals surface area contributed by atoms with Gasteiger partial charge >= 0.3 is 21.1 Å². The van der Waals surface area contributed by atoms with Gasteiger partial charge in [-0.3, -0.25) is 0 Å².